The van der Waals surface area contributed by atoms with Crippen molar-refractivity contribution in [2.45, 2.75) is 32.1 Å². The van der Waals surface area contributed by atoms with E-state index in [4.69, 9.17) is 9.73 Å². The van der Waals surface area contributed by atoms with Crippen LogP contribution >= 0.6 is 27.7 Å². The number of aliphatic imine (C=N–C) groups is 1. The van der Waals surface area contributed by atoms with Crippen molar-refractivity contribution < 1.29 is 9.53 Å². The lowest BCUT2D eigenvalue weighted by molar-refractivity contribution is -0.120. The number of benzene rings is 2. The Bertz CT molecular complexity index is 966. The zero-order valence-corrected chi connectivity index (χ0v) is 20.8. The third kappa shape index (κ3) is 8.13. The van der Waals surface area contributed by atoms with Crippen molar-refractivity contribution in [1.82, 2.24) is 5.32 Å². The molecule has 0 unspecified atom stereocenters. The zero-order chi connectivity index (χ0) is 22.6. The van der Waals surface area contributed by atoms with E-state index in [9.17, 15) is 4.79 Å². The largest absolute Gasteiger partial charge is 0.383 e. The van der Waals surface area contributed by atoms with E-state index in [0.717, 1.165) is 21.4 Å². The third-order valence-corrected chi connectivity index (χ3v) is 6.19. The smallest absolute Gasteiger partial charge is 0.223 e. The van der Waals surface area contributed by atoms with E-state index in [1.165, 1.54) is 15.4 Å². The van der Waals surface area contributed by atoms with Gasteiger partial charge in [0.15, 0.2) is 0 Å². The predicted molar refractivity (Wildman–Crippen MR) is 135 cm³/mol. The number of nitrogens with zero attached hydrogens (tertiary/aromatic N) is 1. The van der Waals surface area contributed by atoms with Crippen LogP contribution in [0.5, 0.6) is 0 Å². The van der Waals surface area contributed by atoms with Crippen molar-refractivity contribution in [3.05, 3.63) is 86.9 Å². The summed E-state index contributed by atoms with van der Waals surface area (Å²) in [5, 5.41) is 2.70. The molecule has 6 heteroatoms. The number of carbonyl (C=O) groups is 1. The second-order valence-corrected chi connectivity index (χ2v) is 9.00. The van der Waals surface area contributed by atoms with Gasteiger partial charge in [-0.25, -0.2) is 0 Å². The number of methoxy groups -OCH3 is 1. The normalized spacial score (nSPS) is 13.1. The molecule has 0 saturated heterocycles. The van der Waals surface area contributed by atoms with E-state index in [0.29, 0.717) is 19.6 Å². The maximum absolute atomic E-state index is 10.9. The van der Waals surface area contributed by atoms with Crippen LogP contribution in [-0.4, -0.2) is 31.9 Å². The van der Waals surface area contributed by atoms with E-state index in [1.807, 2.05) is 19.1 Å². The highest BCUT2D eigenvalue weighted by Gasteiger charge is 2.16. The Labute approximate surface area is 198 Å². The summed E-state index contributed by atoms with van der Waals surface area (Å²) in [7, 11) is 1.61. The number of rotatable bonds is 6. The molecule has 1 heterocycles. The predicted octanol–water partition coefficient (Wildman–Crippen LogP) is 6.36. The lowest BCUT2D eigenvalue weighted by Crippen LogP contribution is -2.26. The summed E-state index contributed by atoms with van der Waals surface area (Å²) in [4.78, 5) is 18.2. The molecule has 1 N–H and O–H groups in total. The standard InChI is InChI=1S/C17H14BrNS.C8H15NO2/c1-11-12(2)20-16-6-4-3-5-15(16)17(19-11)13-7-9-14(18)10-8-13;1-3-4-5-8(10)9-6-7-11-2/h3-10H,1-2H3;3-4H,5-7H2,1-2H3,(H,9,10)/b;4-3-. The maximum Gasteiger partial charge on any atom is 0.223 e. The van der Waals surface area contributed by atoms with Gasteiger partial charge in [-0.3, -0.25) is 9.79 Å². The quantitative estimate of drug-likeness (QED) is 0.370. The first-order valence-corrected chi connectivity index (χ1v) is 11.7. The van der Waals surface area contributed by atoms with Crippen LogP contribution < -0.4 is 5.32 Å². The number of hydrogen-bond donors (Lipinski definition) is 1. The van der Waals surface area contributed by atoms with Gasteiger partial charge in [0.2, 0.25) is 5.91 Å². The van der Waals surface area contributed by atoms with E-state index in [-0.39, 0.29) is 5.91 Å². The van der Waals surface area contributed by atoms with Crippen LogP contribution in [0.2, 0.25) is 0 Å². The van der Waals surface area contributed by atoms with Gasteiger partial charge < -0.3 is 10.1 Å². The molecule has 0 saturated carbocycles. The summed E-state index contributed by atoms with van der Waals surface area (Å²) < 4.78 is 5.85. The Morgan fingerprint density at radius 3 is 2.55 bits per heavy atom. The molecule has 3 rings (SSSR count). The van der Waals surface area contributed by atoms with Crippen molar-refractivity contribution in [2.75, 3.05) is 20.3 Å². The molecular formula is C25H29BrN2O2S. The van der Waals surface area contributed by atoms with Crippen molar-refractivity contribution in [3.8, 4) is 0 Å². The molecule has 0 fully saturated rings. The van der Waals surface area contributed by atoms with Gasteiger partial charge in [0.25, 0.3) is 0 Å². The molecule has 1 amide bonds. The van der Waals surface area contributed by atoms with Gasteiger partial charge in [-0.1, -0.05) is 70.2 Å². The van der Waals surface area contributed by atoms with E-state index < -0.39 is 0 Å². The number of hydrogen-bond acceptors (Lipinski definition) is 4. The number of ether oxygens (including phenoxy) is 1. The summed E-state index contributed by atoms with van der Waals surface area (Å²) in [6.45, 7) is 7.26. The number of amides is 1. The number of thioether (sulfide) groups is 1. The lowest BCUT2D eigenvalue weighted by Gasteiger charge is -2.09. The summed E-state index contributed by atoms with van der Waals surface area (Å²) in [6.07, 6.45) is 4.14. The van der Waals surface area contributed by atoms with Crippen LogP contribution in [0.1, 0.15) is 38.3 Å². The van der Waals surface area contributed by atoms with Crippen LogP contribution in [0.25, 0.3) is 0 Å². The summed E-state index contributed by atoms with van der Waals surface area (Å²) in [5.74, 6) is 0.0418. The fraction of sp³-hybridized carbons (Fsp3) is 0.280. The Kier molecular flexibility index (Phi) is 10.8. The molecule has 2 aromatic carbocycles. The fourth-order valence-electron chi connectivity index (χ4n) is 2.71. The van der Waals surface area contributed by atoms with Crippen LogP contribution in [0.3, 0.4) is 0 Å². The Morgan fingerprint density at radius 1 is 1.16 bits per heavy atom. The summed E-state index contributed by atoms with van der Waals surface area (Å²) in [5.41, 5.74) is 4.49. The molecule has 4 nitrogen and oxygen atoms in total. The van der Waals surface area contributed by atoms with Gasteiger partial charge in [-0.2, -0.15) is 0 Å². The molecule has 0 atom stereocenters. The Balaban J connectivity index is 0.000000267. The highest BCUT2D eigenvalue weighted by Crippen LogP contribution is 2.36. The Morgan fingerprint density at radius 2 is 1.87 bits per heavy atom. The van der Waals surface area contributed by atoms with Crippen LogP contribution in [0, 0.1) is 0 Å². The highest BCUT2D eigenvalue weighted by molar-refractivity contribution is 9.10. The van der Waals surface area contributed by atoms with Gasteiger partial charge in [-0.05, 0) is 39.0 Å². The van der Waals surface area contributed by atoms with Gasteiger partial charge >= 0.3 is 0 Å². The van der Waals surface area contributed by atoms with Gasteiger partial charge in [0.05, 0.1) is 12.3 Å². The van der Waals surface area contributed by atoms with E-state index in [2.05, 4.69) is 83.6 Å². The molecule has 0 radical (unpaired) electrons. The van der Waals surface area contributed by atoms with Gasteiger partial charge in [0, 0.05) is 51.2 Å². The lowest BCUT2D eigenvalue weighted by atomic mass is 10.0. The first-order valence-electron chi connectivity index (χ1n) is 10.1. The van der Waals surface area contributed by atoms with Gasteiger partial charge in [-0.15, -0.1) is 0 Å². The van der Waals surface area contributed by atoms with Crippen LogP contribution in [0.15, 0.2) is 85.6 Å². The molecule has 2 aromatic rings. The molecule has 31 heavy (non-hydrogen) atoms. The molecule has 1 aliphatic heterocycles. The van der Waals surface area contributed by atoms with Crippen molar-refractivity contribution in [3.63, 3.8) is 0 Å². The first-order chi connectivity index (χ1) is 15.0. The second-order valence-electron chi connectivity index (χ2n) is 6.82. The summed E-state index contributed by atoms with van der Waals surface area (Å²) >= 11 is 5.28. The van der Waals surface area contributed by atoms with Crippen molar-refractivity contribution >= 4 is 39.3 Å². The van der Waals surface area contributed by atoms with Crippen molar-refractivity contribution in [2.24, 2.45) is 4.99 Å². The van der Waals surface area contributed by atoms with E-state index >= 15 is 0 Å². The first kappa shape index (κ1) is 25.1. The fourth-order valence-corrected chi connectivity index (χ4v) is 3.92. The number of carbonyl (C=O) groups excluding carboxylic acids is 1. The number of allylic oxidation sites excluding steroid dienone is 3. The number of halogens is 1. The zero-order valence-electron chi connectivity index (χ0n) is 18.4. The highest BCUT2D eigenvalue weighted by atomic mass is 79.9. The minimum absolute atomic E-state index is 0.0418. The monoisotopic (exact) mass is 500 g/mol. The maximum atomic E-state index is 10.9. The Hall–Kier alpha value is -2.15. The average molecular weight is 501 g/mol. The minimum Gasteiger partial charge on any atom is -0.383 e. The molecule has 0 bridgehead atoms. The van der Waals surface area contributed by atoms with Crippen LogP contribution in [0.4, 0.5) is 0 Å². The second kappa shape index (κ2) is 13.3. The van der Waals surface area contributed by atoms with Crippen molar-refractivity contribution in [1.29, 1.82) is 0 Å². The number of fused-ring (bicyclic) bond motifs is 1. The topological polar surface area (TPSA) is 50.7 Å². The third-order valence-electron chi connectivity index (χ3n) is 4.48. The molecule has 0 spiro atoms. The average Bonchev–Trinajstić information content (AvgIpc) is 2.90. The van der Waals surface area contributed by atoms with Gasteiger partial charge in [0.1, 0.15) is 0 Å². The summed E-state index contributed by atoms with van der Waals surface area (Å²) in [6, 6.07) is 16.8. The SMILES string of the molecule is C/C=C\CC(=O)NCCOC.CC1=C(C)Sc2ccccc2C(c2ccc(Br)cc2)=N1. The molecule has 0 aliphatic carbocycles. The number of nitrogens with one attached hydrogen (secondary N) is 1. The van der Waals surface area contributed by atoms with E-state index in [1.54, 1.807) is 18.9 Å². The van der Waals surface area contributed by atoms with Crippen LogP contribution in [-0.2, 0) is 9.53 Å². The molecule has 0 aromatic heterocycles. The molecule has 164 valence electrons. The molecule has 1 aliphatic rings. The molecular weight excluding hydrogens is 472 g/mol. The minimum atomic E-state index is 0.0418.